The first kappa shape index (κ1) is 14.6. The first-order valence-corrected chi connectivity index (χ1v) is 6.33. The highest BCUT2D eigenvalue weighted by atomic mass is 19.1. The molecule has 0 aliphatic rings. The summed E-state index contributed by atoms with van der Waals surface area (Å²) < 4.78 is 18.9. The molecule has 21 heavy (non-hydrogen) atoms. The average molecular weight is 280 g/mol. The lowest BCUT2D eigenvalue weighted by molar-refractivity contribution is 0.303. The summed E-state index contributed by atoms with van der Waals surface area (Å²) in [6, 6.07) is 13.3. The fourth-order valence-electron chi connectivity index (χ4n) is 1.76. The molecule has 4 heteroatoms. The molecule has 0 heterocycles. The molecule has 0 bridgehead atoms. The molecular weight excluding hydrogens is 267 g/mol. The third-order valence-corrected chi connectivity index (χ3v) is 2.72. The van der Waals surface area contributed by atoms with Crippen LogP contribution in [-0.2, 0) is 6.61 Å². The molecule has 3 nitrogen and oxygen atoms in total. The Kier molecular flexibility index (Phi) is 4.93. The molecule has 0 aliphatic carbocycles. The summed E-state index contributed by atoms with van der Waals surface area (Å²) in [4.78, 5) is 0. The fourth-order valence-corrected chi connectivity index (χ4v) is 1.76. The highest BCUT2D eigenvalue weighted by Gasteiger charge is 2.04. The van der Waals surface area contributed by atoms with Crippen molar-refractivity contribution in [2.45, 2.75) is 6.61 Å². The lowest BCUT2D eigenvalue weighted by Crippen LogP contribution is -1.99. The van der Waals surface area contributed by atoms with E-state index in [1.807, 2.05) is 6.07 Å². The van der Waals surface area contributed by atoms with E-state index in [-0.39, 0.29) is 13.2 Å². The zero-order valence-electron chi connectivity index (χ0n) is 11.3. The molecule has 0 amide bonds. The zero-order valence-corrected chi connectivity index (χ0v) is 11.3. The van der Waals surface area contributed by atoms with Crippen LogP contribution in [0.4, 0.5) is 4.39 Å². The maximum absolute atomic E-state index is 13.3. The molecule has 0 spiro atoms. The van der Waals surface area contributed by atoms with Crippen LogP contribution in [0.1, 0.15) is 16.7 Å². The smallest absolute Gasteiger partial charge is 0.138 e. The van der Waals surface area contributed by atoms with Gasteiger partial charge in [-0.1, -0.05) is 24.0 Å². The van der Waals surface area contributed by atoms with Crippen LogP contribution in [0.15, 0.2) is 42.5 Å². The molecule has 2 aromatic carbocycles. The predicted octanol–water partition coefficient (Wildman–Crippen LogP) is 2.59. The SMILES string of the molecule is N#Cc1cccc(COc2cc(F)ccc2C#CCN)c1. The van der Waals surface area contributed by atoms with Crippen LogP contribution in [0, 0.1) is 29.0 Å². The maximum Gasteiger partial charge on any atom is 0.138 e. The average Bonchev–Trinajstić information content (AvgIpc) is 2.52. The van der Waals surface area contributed by atoms with Crippen LogP contribution < -0.4 is 10.5 Å². The molecular formula is C17H13FN2O. The Balaban J connectivity index is 2.19. The van der Waals surface area contributed by atoms with Crippen LogP contribution in [0.5, 0.6) is 5.75 Å². The molecule has 0 aliphatic heterocycles. The second kappa shape index (κ2) is 7.09. The molecule has 2 aromatic rings. The van der Waals surface area contributed by atoms with Gasteiger partial charge < -0.3 is 10.5 Å². The van der Waals surface area contributed by atoms with E-state index >= 15 is 0 Å². The van der Waals surface area contributed by atoms with Gasteiger partial charge in [-0.3, -0.25) is 0 Å². The van der Waals surface area contributed by atoms with Gasteiger partial charge in [0.05, 0.1) is 23.7 Å². The Bertz CT molecular complexity index is 738. The summed E-state index contributed by atoms with van der Waals surface area (Å²) in [5, 5.41) is 8.85. The van der Waals surface area contributed by atoms with Gasteiger partial charge in [0.15, 0.2) is 0 Å². The Hall–Kier alpha value is -2.82. The standard InChI is InChI=1S/C17H13FN2O/c18-16-7-6-15(5-2-8-19)17(10-16)21-12-14-4-1-3-13(9-14)11-20/h1,3-4,6-7,9-10H,8,12,19H2. The van der Waals surface area contributed by atoms with Crippen LogP contribution in [0.25, 0.3) is 0 Å². The quantitative estimate of drug-likeness (QED) is 0.879. The van der Waals surface area contributed by atoms with Crippen molar-refractivity contribution >= 4 is 0 Å². The minimum Gasteiger partial charge on any atom is -0.487 e. The van der Waals surface area contributed by atoms with Crippen molar-refractivity contribution in [1.29, 1.82) is 5.26 Å². The summed E-state index contributed by atoms with van der Waals surface area (Å²) >= 11 is 0. The minimum absolute atomic E-state index is 0.223. The normalized spacial score (nSPS) is 9.38. The Morgan fingerprint density at radius 2 is 2.05 bits per heavy atom. The molecule has 0 unspecified atom stereocenters. The summed E-state index contributed by atoms with van der Waals surface area (Å²) in [6.45, 7) is 0.456. The molecule has 0 aromatic heterocycles. The van der Waals surface area contributed by atoms with Gasteiger partial charge >= 0.3 is 0 Å². The molecule has 0 atom stereocenters. The largest absolute Gasteiger partial charge is 0.487 e. The van der Waals surface area contributed by atoms with Crippen LogP contribution in [0.2, 0.25) is 0 Å². The van der Waals surface area contributed by atoms with Gasteiger partial charge in [0.2, 0.25) is 0 Å². The number of nitriles is 1. The predicted molar refractivity (Wildman–Crippen MR) is 77.8 cm³/mol. The van der Waals surface area contributed by atoms with Gasteiger partial charge in [-0.05, 0) is 29.8 Å². The first-order valence-electron chi connectivity index (χ1n) is 6.33. The Labute approximate surface area is 122 Å². The zero-order chi connectivity index (χ0) is 15.1. The van der Waals surface area contributed by atoms with Crippen molar-refractivity contribution in [3.05, 3.63) is 65.0 Å². The number of nitrogens with zero attached hydrogens (tertiary/aromatic N) is 1. The number of benzene rings is 2. The number of nitrogens with two attached hydrogens (primary N) is 1. The van der Waals surface area contributed by atoms with Gasteiger partial charge in [-0.25, -0.2) is 4.39 Å². The van der Waals surface area contributed by atoms with E-state index in [1.54, 1.807) is 24.3 Å². The number of hydrogen-bond donors (Lipinski definition) is 1. The van der Waals surface area contributed by atoms with Gasteiger partial charge in [-0.15, -0.1) is 0 Å². The van der Waals surface area contributed by atoms with Gasteiger partial charge in [0.1, 0.15) is 18.2 Å². The maximum atomic E-state index is 13.3. The van der Waals surface area contributed by atoms with Crippen molar-refractivity contribution in [2.24, 2.45) is 5.73 Å². The van der Waals surface area contributed by atoms with Gasteiger partial charge in [-0.2, -0.15) is 5.26 Å². The fraction of sp³-hybridized carbons (Fsp3) is 0.118. The first-order chi connectivity index (χ1) is 10.2. The van der Waals surface area contributed by atoms with Gasteiger partial charge in [0, 0.05) is 6.07 Å². The second-order valence-electron chi connectivity index (χ2n) is 4.25. The summed E-state index contributed by atoms with van der Waals surface area (Å²) in [6.07, 6.45) is 0. The van der Waals surface area contributed by atoms with Crippen LogP contribution in [0.3, 0.4) is 0 Å². The second-order valence-corrected chi connectivity index (χ2v) is 4.25. The molecule has 0 saturated carbocycles. The van der Waals surface area contributed by atoms with E-state index in [2.05, 4.69) is 17.9 Å². The monoisotopic (exact) mass is 280 g/mol. The van der Waals surface area contributed by atoms with E-state index in [1.165, 1.54) is 12.1 Å². The minimum atomic E-state index is -0.394. The number of hydrogen-bond acceptors (Lipinski definition) is 3. The highest BCUT2D eigenvalue weighted by molar-refractivity contribution is 5.46. The number of rotatable bonds is 3. The Morgan fingerprint density at radius 3 is 2.81 bits per heavy atom. The van der Waals surface area contributed by atoms with Crippen molar-refractivity contribution in [3.8, 4) is 23.7 Å². The van der Waals surface area contributed by atoms with E-state index in [0.29, 0.717) is 16.9 Å². The van der Waals surface area contributed by atoms with E-state index in [9.17, 15) is 4.39 Å². The third kappa shape index (κ3) is 4.07. The molecule has 0 radical (unpaired) electrons. The van der Waals surface area contributed by atoms with Crippen molar-refractivity contribution in [2.75, 3.05) is 6.54 Å². The van der Waals surface area contributed by atoms with Crippen molar-refractivity contribution in [1.82, 2.24) is 0 Å². The molecule has 2 rings (SSSR count). The third-order valence-electron chi connectivity index (χ3n) is 2.72. The van der Waals surface area contributed by atoms with Crippen molar-refractivity contribution in [3.63, 3.8) is 0 Å². The number of halogens is 1. The Morgan fingerprint density at radius 1 is 1.19 bits per heavy atom. The number of ether oxygens (including phenoxy) is 1. The van der Waals surface area contributed by atoms with E-state index in [0.717, 1.165) is 5.56 Å². The van der Waals surface area contributed by atoms with Crippen LogP contribution in [-0.4, -0.2) is 6.54 Å². The van der Waals surface area contributed by atoms with E-state index in [4.69, 9.17) is 15.7 Å². The summed E-state index contributed by atoms with van der Waals surface area (Å²) in [5.41, 5.74) is 7.30. The van der Waals surface area contributed by atoms with Crippen molar-refractivity contribution < 1.29 is 9.13 Å². The topological polar surface area (TPSA) is 59.0 Å². The lowest BCUT2D eigenvalue weighted by atomic mass is 10.1. The van der Waals surface area contributed by atoms with E-state index < -0.39 is 5.82 Å². The molecule has 0 saturated heterocycles. The molecule has 0 fully saturated rings. The van der Waals surface area contributed by atoms with Gasteiger partial charge in [0.25, 0.3) is 0 Å². The molecule has 104 valence electrons. The summed E-state index contributed by atoms with van der Waals surface area (Å²) in [5.74, 6) is 5.52. The summed E-state index contributed by atoms with van der Waals surface area (Å²) in [7, 11) is 0. The lowest BCUT2D eigenvalue weighted by Gasteiger charge is -2.09. The molecule has 2 N–H and O–H groups in total. The van der Waals surface area contributed by atoms with Crippen LogP contribution >= 0.6 is 0 Å². The highest BCUT2D eigenvalue weighted by Crippen LogP contribution is 2.20.